The number of nitrogens with zero attached hydrogens (tertiary/aromatic N) is 1. The molecule has 10 heavy (non-hydrogen) atoms. The van der Waals surface area contributed by atoms with Crippen molar-refractivity contribution in [2.45, 2.75) is 24.3 Å². The average Bonchev–Trinajstić information content (AvgIpc) is 2.44. The Labute approximate surface area is 64.4 Å². The minimum absolute atomic E-state index is 1.20. The summed E-state index contributed by atoms with van der Waals surface area (Å²) in [7, 11) is 0. The van der Waals surface area contributed by atoms with Gasteiger partial charge >= 0.3 is 0 Å². The van der Waals surface area contributed by atoms with Gasteiger partial charge in [-0.05, 0) is 25.5 Å². The molecule has 0 spiro atoms. The first-order valence-electron chi connectivity index (χ1n) is 3.52. The maximum absolute atomic E-state index is 4.19. The van der Waals surface area contributed by atoms with Gasteiger partial charge in [-0.15, -0.1) is 11.8 Å². The summed E-state index contributed by atoms with van der Waals surface area (Å²) >= 11 is 1.74. The van der Waals surface area contributed by atoms with Gasteiger partial charge in [-0.25, -0.2) is 0 Å². The second-order valence-corrected chi connectivity index (χ2v) is 3.34. The van der Waals surface area contributed by atoms with Gasteiger partial charge in [0.1, 0.15) is 5.03 Å². The second-order valence-electron chi connectivity index (χ2n) is 2.54. The van der Waals surface area contributed by atoms with Crippen molar-refractivity contribution in [2.75, 3.05) is 6.26 Å². The summed E-state index contributed by atoms with van der Waals surface area (Å²) in [6.07, 6.45) is 5.80. The summed E-state index contributed by atoms with van der Waals surface area (Å²) in [6, 6.07) is 0. The minimum Gasteiger partial charge on any atom is -0.281 e. The number of aromatic amines is 1. The Hall–Kier alpha value is -0.440. The smallest absolute Gasteiger partial charge is 0.121 e. The molecule has 0 saturated carbocycles. The van der Waals surface area contributed by atoms with Gasteiger partial charge < -0.3 is 0 Å². The number of hydrogen-bond acceptors (Lipinski definition) is 2. The average molecular weight is 154 g/mol. The third-order valence-electron chi connectivity index (χ3n) is 1.96. The molecule has 1 heterocycles. The van der Waals surface area contributed by atoms with Gasteiger partial charge in [-0.2, -0.15) is 5.10 Å². The first-order chi connectivity index (χ1) is 4.92. The summed E-state index contributed by atoms with van der Waals surface area (Å²) in [5, 5.41) is 8.46. The minimum atomic E-state index is 1.20. The Morgan fingerprint density at radius 3 is 3.20 bits per heavy atom. The Kier molecular flexibility index (Phi) is 1.45. The lowest BCUT2D eigenvalue weighted by Gasteiger charge is -1.89. The maximum atomic E-state index is 4.19. The number of rotatable bonds is 1. The van der Waals surface area contributed by atoms with Gasteiger partial charge in [-0.1, -0.05) is 0 Å². The Bertz CT molecular complexity index is 242. The van der Waals surface area contributed by atoms with Crippen LogP contribution >= 0.6 is 11.8 Å². The fraction of sp³-hybridized carbons (Fsp3) is 0.571. The van der Waals surface area contributed by atoms with E-state index in [9.17, 15) is 0 Å². The quantitative estimate of drug-likeness (QED) is 0.623. The lowest BCUT2D eigenvalue weighted by Crippen LogP contribution is -1.78. The van der Waals surface area contributed by atoms with Crippen LogP contribution in [0, 0.1) is 0 Å². The molecule has 0 atom stereocenters. The fourth-order valence-corrected chi connectivity index (χ4v) is 2.07. The van der Waals surface area contributed by atoms with Gasteiger partial charge in [0.15, 0.2) is 0 Å². The molecule has 1 aromatic rings. The highest BCUT2D eigenvalue weighted by Gasteiger charge is 2.16. The highest BCUT2D eigenvalue weighted by atomic mass is 32.2. The van der Waals surface area contributed by atoms with Crippen LogP contribution in [0.1, 0.15) is 17.7 Å². The first kappa shape index (κ1) is 6.28. The third kappa shape index (κ3) is 0.770. The van der Waals surface area contributed by atoms with Crippen LogP contribution in [0.2, 0.25) is 0 Å². The highest BCUT2D eigenvalue weighted by Crippen LogP contribution is 2.27. The summed E-state index contributed by atoms with van der Waals surface area (Å²) in [5.41, 5.74) is 2.83. The van der Waals surface area contributed by atoms with Crippen molar-refractivity contribution < 1.29 is 0 Å². The van der Waals surface area contributed by atoms with E-state index in [1.807, 2.05) is 0 Å². The zero-order chi connectivity index (χ0) is 6.97. The third-order valence-corrected chi connectivity index (χ3v) is 2.69. The van der Waals surface area contributed by atoms with Crippen LogP contribution in [0.25, 0.3) is 0 Å². The predicted octanol–water partition coefficient (Wildman–Crippen LogP) is 1.62. The second kappa shape index (κ2) is 2.31. The van der Waals surface area contributed by atoms with E-state index >= 15 is 0 Å². The van der Waals surface area contributed by atoms with Crippen molar-refractivity contribution in [3.8, 4) is 0 Å². The van der Waals surface area contributed by atoms with Crippen molar-refractivity contribution in [3.63, 3.8) is 0 Å². The molecule has 1 aliphatic carbocycles. The summed E-state index contributed by atoms with van der Waals surface area (Å²) in [6.45, 7) is 0. The molecule has 0 aromatic carbocycles. The molecule has 54 valence electrons. The molecule has 0 fully saturated rings. The van der Waals surface area contributed by atoms with Gasteiger partial charge in [-0.3, -0.25) is 5.10 Å². The number of aryl methyl sites for hydroxylation is 1. The van der Waals surface area contributed by atoms with Crippen molar-refractivity contribution in [1.82, 2.24) is 10.2 Å². The number of aromatic nitrogens is 2. The van der Waals surface area contributed by atoms with E-state index in [0.717, 1.165) is 0 Å². The van der Waals surface area contributed by atoms with E-state index in [1.165, 1.54) is 35.5 Å². The molecule has 3 heteroatoms. The van der Waals surface area contributed by atoms with E-state index in [-0.39, 0.29) is 0 Å². The molecule has 0 aliphatic heterocycles. The van der Waals surface area contributed by atoms with Gasteiger partial charge in [0.25, 0.3) is 0 Å². The van der Waals surface area contributed by atoms with Gasteiger partial charge in [0.2, 0.25) is 0 Å². The summed E-state index contributed by atoms with van der Waals surface area (Å²) < 4.78 is 0. The van der Waals surface area contributed by atoms with E-state index in [2.05, 4.69) is 16.5 Å². The molecule has 1 aliphatic rings. The molecular weight excluding hydrogens is 144 g/mol. The van der Waals surface area contributed by atoms with Crippen LogP contribution in [0.3, 0.4) is 0 Å². The molecular formula is C7H10N2S. The predicted molar refractivity (Wildman–Crippen MR) is 42.4 cm³/mol. The molecule has 0 unspecified atom stereocenters. The molecule has 1 aromatic heterocycles. The topological polar surface area (TPSA) is 28.7 Å². The lowest BCUT2D eigenvalue weighted by molar-refractivity contribution is 0.837. The number of hydrogen-bond donors (Lipinski definition) is 1. The Balaban J connectivity index is 2.44. The van der Waals surface area contributed by atoms with E-state index in [4.69, 9.17) is 0 Å². The molecule has 1 N–H and O–H groups in total. The normalized spacial score (nSPS) is 15.7. The molecule has 2 nitrogen and oxygen atoms in total. The molecule has 0 saturated heterocycles. The van der Waals surface area contributed by atoms with E-state index in [1.54, 1.807) is 11.8 Å². The molecule has 2 rings (SSSR count). The lowest BCUT2D eigenvalue weighted by atomic mass is 10.3. The number of nitrogens with one attached hydrogen (secondary N) is 1. The van der Waals surface area contributed by atoms with Crippen molar-refractivity contribution in [1.29, 1.82) is 0 Å². The standard InChI is InChI=1S/C7H10N2S/c1-10-7-5-3-2-4-6(5)8-9-7/h2-4H2,1H3,(H,8,9). The molecule has 0 bridgehead atoms. The molecule has 0 amide bonds. The highest BCUT2D eigenvalue weighted by molar-refractivity contribution is 7.98. The largest absolute Gasteiger partial charge is 0.281 e. The van der Waals surface area contributed by atoms with Crippen LogP contribution in [0.4, 0.5) is 0 Å². The Morgan fingerprint density at radius 2 is 2.40 bits per heavy atom. The van der Waals surface area contributed by atoms with Crippen LogP contribution in [0.15, 0.2) is 5.03 Å². The van der Waals surface area contributed by atoms with E-state index in [0.29, 0.717) is 0 Å². The zero-order valence-corrected chi connectivity index (χ0v) is 6.79. The van der Waals surface area contributed by atoms with Crippen LogP contribution in [-0.2, 0) is 12.8 Å². The van der Waals surface area contributed by atoms with Crippen LogP contribution < -0.4 is 0 Å². The fourth-order valence-electron chi connectivity index (χ4n) is 1.46. The first-order valence-corrected chi connectivity index (χ1v) is 4.74. The van der Waals surface area contributed by atoms with Gasteiger partial charge in [0.05, 0.1) is 0 Å². The van der Waals surface area contributed by atoms with E-state index < -0.39 is 0 Å². The summed E-state index contributed by atoms with van der Waals surface area (Å²) in [4.78, 5) is 0. The summed E-state index contributed by atoms with van der Waals surface area (Å²) in [5.74, 6) is 0. The maximum Gasteiger partial charge on any atom is 0.121 e. The number of H-pyrrole nitrogens is 1. The van der Waals surface area contributed by atoms with Gasteiger partial charge in [0, 0.05) is 11.3 Å². The number of thioether (sulfide) groups is 1. The van der Waals surface area contributed by atoms with Crippen molar-refractivity contribution in [3.05, 3.63) is 11.3 Å². The SMILES string of the molecule is CSc1n[nH]c2c1CCC2. The number of fused-ring (bicyclic) bond motifs is 1. The van der Waals surface area contributed by atoms with Crippen LogP contribution in [-0.4, -0.2) is 16.5 Å². The molecule has 0 radical (unpaired) electrons. The van der Waals surface area contributed by atoms with Crippen molar-refractivity contribution >= 4 is 11.8 Å². The monoisotopic (exact) mass is 154 g/mol. The Morgan fingerprint density at radius 1 is 1.50 bits per heavy atom. The zero-order valence-electron chi connectivity index (χ0n) is 5.98. The van der Waals surface area contributed by atoms with Crippen molar-refractivity contribution in [2.24, 2.45) is 0 Å². The van der Waals surface area contributed by atoms with Crippen LogP contribution in [0.5, 0.6) is 0 Å².